The molecule has 0 radical (unpaired) electrons. The highest BCUT2D eigenvalue weighted by Crippen LogP contribution is 2.32. The fourth-order valence-corrected chi connectivity index (χ4v) is 2.81. The van der Waals surface area contributed by atoms with E-state index < -0.39 is 0 Å². The van der Waals surface area contributed by atoms with Crippen molar-refractivity contribution in [1.29, 1.82) is 0 Å². The Morgan fingerprint density at radius 2 is 2.06 bits per heavy atom. The summed E-state index contributed by atoms with van der Waals surface area (Å²) in [6, 6.07) is 11.1. The lowest BCUT2D eigenvalue weighted by Gasteiger charge is -2.31. The van der Waals surface area contributed by atoms with Crippen LogP contribution in [0.3, 0.4) is 0 Å². The minimum absolute atomic E-state index is 0.338. The van der Waals surface area contributed by atoms with Crippen molar-refractivity contribution in [2.75, 3.05) is 6.54 Å². The second kappa shape index (κ2) is 5.55. The van der Waals surface area contributed by atoms with Gasteiger partial charge in [0.15, 0.2) is 0 Å². The van der Waals surface area contributed by atoms with Gasteiger partial charge in [-0.1, -0.05) is 43.3 Å². The summed E-state index contributed by atoms with van der Waals surface area (Å²) < 4.78 is 0. The van der Waals surface area contributed by atoms with Crippen molar-refractivity contribution in [3.05, 3.63) is 47.4 Å². The lowest BCUT2D eigenvalue weighted by Crippen LogP contribution is -2.38. The molecule has 2 heteroatoms. The molecule has 2 unspecified atom stereocenters. The van der Waals surface area contributed by atoms with Crippen LogP contribution >= 0.6 is 12.6 Å². The zero-order valence-corrected chi connectivity index (χ0v) is 10.4. The average Bonchev–Trinajstić information content (AvgIpc) is 2.31. The molecule has 2 atom stereocenters. The first-order chi connectivity index (χ1) is 7.79. The van der Waals surface area contributed by atoms with Gasteiger partial charge in [0.05, 0.1) is 0 Å². The molecule has 1 heterocycles. The Bertz CT molecular complexity index is 341. The molecule has 86 valence electrons. The van der Waals surface area contributed by atoms with E-state index >= 15 is 0 Å². The van der Waals surface area contributed by atoms with Crippen LogP contribution < -0.4 is 5.32 Å². The van der Waals surface area contributed by atoms with E-state index in [1.165, 1.54) is 24.8 Å². The highest BCUT2D eigenvalue weighted by Gasteiger charge is 2.25. The van der Waals surface area contributed by atoms with E-state index in [1.807, 2.05) is 0 Å². The summed E-state index contributed by atoms with van der Waals surface area (Å²) in [5, 5.41) is 3.59. The second-order valence-electron chi connectivity index (χ2n) is 4.44. The molecule has 0 aliphatic carbocycles. The van der Waals surface area contributed by atoms with Crippen molar-refractivity contribution >= 4 is 12.6 Å². The number of rotatable bonds is 3. The predicted molar refractivity (Wildman–Crippen MR) is 73.0 cm³/mol. The zero-order valence-electron chi connectivity index (χ0n) is 9.52. The number of nitrogens with one attached hydrogen (secondary N) is 1. The van der Waals surface area contributed by atoms with Gasteiger partial charge >= 0.3 is 0 Å². The molecule has 1 aliphatic heterocycles. The molecule has 0 amide bonds. The van der Waals surface area contributed by atoms with Crippen LogP contribution in [0.5, 0.6) is 0 Å². The van der Waals surface area contributed by atoms with Crippen molar-refractivity contribution in [1.82, 2.24) is 5.32 Å². The predicted octanol–water partition coefficient (Wildman–Crippen LogP) is 3.36. The summed E-state index contributed by atoms with van der Waals surface area (Å²) in [5.41, 5.74) is 1.32. The van der Waals surface area contributed by atoms with Gasteiger partial charge in [-0.25, -0.2) is 0 Å². The molecule has 0 bridgehead atoms. The highest BCUT2D eigenvalue weighted by atomic mass is 32.1. The van der Waals surface area contributed by atoms with Gasteiger partial charge in [-0.3, -0.25) is 0 Å². The molecule has 0 saturated carbocycles. The SMILES string of the molecule is C=C(S)C(c1ccccc1)C1CCCCN1. The van der Waals surface area contributed by atoms with E-state index in [0.29, 0.717) is 12.0 Å². The van der Waals surface area contributed by atoms with E-state index in [0.717, 1.165) is 11.4 Å². The summed E-state index contributed by atoms with van der Waals surface area (Å²) in [6.07, 6.45) is 3.82. The third-order valence-corrected chi connectivity index (χ3v) is 3.55. The number of piperidine rings is 1. The number of hydrogen-bond acceptors (Lipinski definition) is 2. The maximum Gasteiger partial charge on any atom is 0.0294 e. The minimum atomic E-state index is 0.338. The highest BCUT2D eigenvalue weighted by molar-refractivity contribution is 7.84. The summed E-state index contributed by atoms with van der Waals surface area (Å²) in [4.78, 5) is 0.964. The van der Waals surface area contributed by atoms with Crippen molar-refractivity contribution in [2.45, 2.75) is 31.2 Å². The topological polar surface area (TPSA) is 12.0 Å². The van der Waals surface area contributed by atoms with Gasteiger partial charge in [0.1, 0.15) is 0 Å². The third-order valence-electron chi connectivity index (χ3n) is 3.27. The summed E-state index contributed by atoms with van der Waals surface area (Å²) >= 11 is 4.48. The maximum atomic E-state index is 4.48. The monoisotopic (exact) mass is 233 g/mol. The van der Waals surface area contributed by atoms with E-state index in [1.54, 1.807) is 0 Å². The first kappa shape index (κ1) is 11.7. The Labute approximate surface area is 103 Å². The molecular formula is C14H19NS. The number of benzene rings is 1. The van der Waals surface area contributed by atoms with Gasteiger partial charge in [0.2, 0.25) is 0 Å². The molecule has 1 saturated heterocycles. The van der Waals surface area contributed by atoms with Crippen molar-refractivity contribution in [3.8, 4) is 0 Å². The van der Waals surface area contributed by atoms with Crippen LogP contribution in [0, 0.1) is 0 Å². The summed E-state index contributed by atoms with van der Waals surface area (Å²) in [5.74, 6) is 0.338. The van der Waals surface area contributed by atoms with Crippen molar-refractivity contribution < 1.29 is 0 Å². The molecule has 1 nitrogen and oxygen atoms in total. The van der Waals surface area contributed by atoms with Crippen LogP contribution in [0.2, 0.25) is 0 Å². The molecule has 0 spiro atoms. The first-order valence-corrected chi connectivity index (χ1v) is 6.40. The van der Waals surface area contributed by atoms with Gasteiger partial charge < -0.3 is 5.32 Å². The first-order valence-electron chi connectivity index (χ1n) is 5.95. The number of hydrogen-bond donors (Lipinski definition) is 2. The van der Waals surface area contributed by atoms with Gasteiger partial charge in [-0.05, 0) is 29.9 Å². The fraction of sp³-hybridized carbons (Fsp3) is 0.429. The zero-order chi connectivity index (χ0) is 11.4. The van der Waals surface area contributed by atoms with Gasteiger partial charge in [-0.2, -0.15) is 0 Å². The van der Waals surface area contributed by atoms with E-state index in [2.05, 4.69) is 54.9 Å². The van der Waals surface area contributed by atoms with Gasteiger partial charge in [0, 0.05) is 12.0 Å². The van der Waals surface area contributed by atoms with Crippen molar-refractivity contribution in [3.63, 3.8) is 0 Å². The van der Waals surface area contributed by atoms with Crippen LogP contribution in [-0.2, 0) is 0 Å². The van der Waals surface area contributed by atoms with Crippen LogP contribution in [0.4, 0.5) is 0 Å². The lowest BCUT2D eigenvalue weighted by atomic mass is 9.86. The lowest BCUT2D eigenvalue weighted by molar-refractivity contribution is 0.375. The Kier molecular flexibility index (Phi) is 4.08. The number of thiol groups is 1. The Hall–Kier alpha value is -0.730. The standard InChI is InChI=1S/C14H19NS/c1-11(16)14(12-7-3-2-4-8-12)13-9-5-6-10-15-13/h2-4,7-8,13-16H,1,5-6,9-10H2. The normalized spacial score (nSPS) is 22.7. The van der Waals surface area contributed by atoms with E-state index in [9.17, 15) is 0 Å². The molecule has 0 aromatic heterocycles. The quantitative estimate of drug-likeness (QED) is 0.763. The maximum absolute atomic E-state index is 4.48. The molecule has 1 aromatic carbocycles. The van der Waals surface area contributed by atoms with Crippen LogP contribution in [0.1, 0.15) is 30.7 Å². The molecule has 2 rings (SSSR count). The van der Waals surface area contributed by atoms with Crippen molar-refractivity contribution in [2.24, 2.45) is 0 Å². The second-order valence-corrected chi connectivity index (χ2v) is 5.01. The molecular weight excluding hydrogens is 214 g/mol. The third kappa shape index (κ3) is 2.69. The Morgan fingerprint density at radius 3 is 2.62 bits per heavy atom. The van der Waals surface area contributed by atoms with E-state index in [-0.39, 0.29) is 0 Å². The largest absolute Gasteiger partial charge is 0.313 e. The van der Waals surface area contributed by atoms with E-state index in [4.69, 9.17) is 0 Å². The Balaban J connectivity index is 2.20. The molecule has 1 fully saturated rings. The molecule has 16 heavy (non-hydrogen) atoms. The molecule has 1 aliphatic rings. The van der Waals surface area contributed by atoms with Crippen LogP contribution in [-0.4, -0.2) is 12.6 Å². The fourth-order valence-electron chi connectivity index (χ4n) is 2.48. The van der Waals surface area contributed by atoms with Crippen LogP contribution in [0.25, 0.3) is 0 Å². The Morgan fingerprint density at radius 1 is 1.31 bits per heavy atom. The summed E-state index contributed by atoms with van der Waals surface area (Å²) in [7, 11) is 0. The smallest absolute Gasteiger partial charge is 0.0294 e. The minimum Gasteiger partial charge on any atom is -0.313 e. The average molecular weight is 233 g/mol. The van der Waals surface area contributed by atoms with Gasteiger partial charge in [-0.15, -0.1) is 12.6 Å². The summed E-state index contributed by atoms with van der Waals surface area (Å²) in [6.45, 7) is 5.15. The van der Waals surface area contributed by atoms with Gasteiger partial charge in [0.25, 0.3) is 0 Å². The van der Waals surface area contributed by atoms with Crippen LogP contribution in [0.15, 0.2) is 41.8 Å². The molecule has 1 N–H and O–H groups in total. The molecule has 1 aromatic rings.